The zero-order chi connectivity index (χ0) is 26.9. The summed E-state index contributed by atoms with van der Waals surface area (Å²) < 4.78 is 32.7. The third kappa shape index (κ3) is 4.75. The molecule has 0 saturated heterocycles. The number of fused-ring (bicyclic) bond motifs is 1. The van der Waals surface area contributed by atoms with E-state index in [0.29, 0.717) is 28.4 Å². The Morgan fingerprint density at radius 2 is 1.35 bits per heavy atom. The van der Waals surface area contributed by atoms with Crippen LogP contribution in [-0.4, -0.2) is 60.9 Å². The Bertz CT molecular complexity index is 1290. The van der Waals surface area contributed by atoms with Crippen LogP contribution in [0.3, 0.4) is 0 Å². The molecule has 0 aliphatic carbocycles. The molecule has 3 aromatic rings. The lowest BCUT2D eigenvalue weighted by Crippen LogP contribution is -2.35. The van der Waals surface area contributed by atoms with Crippen LogP contribution in [0.5, 0.6) is 51.7 Å². The lowest BCUT2D eigenvalue weighted by molar-refractivity contribution is -0.0189. The number of hydrogen-bond donors (Lipinski definition) is 4. The Labute approximate surface area is 211 Å². The molecule has 1 heterocycles. The molecule has 0 fully saturated rings. The van der Waals surface area contributed by atoms with Crippen LogP contribution in [0.15, 0.2) is 36.4 Å². The fraction of sp³-hybridized carbons (Fsp3) is 0.269. The molecule has 4 rings (SSSR count). The van der Waals surface area contributed by atoms with Crippen LogP contribution < -0.4 is 23.7 Å². The molecule has 0 radical (unpaired) electrons. The first-order valence-corrected chi connectivity index (χ1v) is 11.0. The zero-order valence-electron chi connectivity index (χ0n) is 20.5. The summed E-state index contributed by atoms with van der Waals surface area (Å²) in [6, 6.07) is 8.17. The summed E-state index contributed by atoms with van der Waals surface area (Å²) in [6.07, 6.45) is -1.85. The van der Waals surface area contributed by atoms with Crippen molar-refractivity contribution in [2.45, 2.75) is 18.6 Å². The van der Waals surface area contributed by atoms with Gasteiger partial charge in [-0.25, -0.2) is 4.79 Å². The number of rotatable bonds is 7. The highest BCUT2D eigenvalue weighted by Gasteiger charge is 2.38. The van der Waals surface area contributed by atoms with E-state index in [-0.39, 0.29) is 35.0 Å². The minimum atomic E-state index is -0.989. The van der Waals surface area contributed by atoms with Crippen molar-refractivity contribution in [2.75, 3.05) is 28.4 Å². The highest BCUT2D eigenvalue weighted by atomic mass is 16.6. The average molecular weight is 514 g/mol. The van der Waals surface area contributed by atoms with Gasteiger partial charge in [-0.2, -0.15) is 0 Å². The Hall–Kier alpha value is -4.67. The van der Waals surface area contributed by atoms with Crippen molar-refractivity contribution in [3.05, 3.63) is 53.1 Å². The second kappa shape index (κ2) is 10.1. The maximum atomic E-state index is 13.1. The zero-order valence-corrected chi connectivity index (χ0v) is 20.5. The van der Waals surface area contributed by atoms with Crippen LogP contribution in [0, 0.1) is 0 Å². The normalized spacial score (nSPS) is 16.2. The van der Waals surface area contributed by atoms with Gasteiger partial charge >= 0.3 is 5.97 Å². The first-order chi connectivity index (χ1) is 17.7. The lowest BCUT2D eigenvalue weighted by Gasteiger charge is -2.34. The van der Waals surface area contributed by atoms with Crippen LogP contribution in [-0.2, 0) is 11.2 Å². The topological polar surface area (TPSA) is 153 Å². The summed E-state index contributed by atoms with van der Waals surface area (Å²) >= 11 is 0. The van der Waals surface area contributed by atoms with Crippen LogP contribution in [0.4, 0.5) is 0 Å². The number of ether oxygens (including phenoxy) is 6. The fourth-order valence-corrected chi connectivity index (χ4v) is 4.23. The summed E-state index contributed by atoms with van der Waals surface area (Å²) in [4.78, 5) is 13.1. The van der Waals surface area contributed by atoms with Gasteiger partial charge in [-0.3, -0.25) is 0 Å². The van der Waals surface area contributed by atoms with Gasteiger partial charge in [0.1, 0.15) is 23.4 Å². The molecule has 2 atom stereocenters. The SMILES string of the molecule is COc1cc(OC)c2c(c1)O[C@H](c1cc(O)c(OC)c(O)c1)[C@H](OC(=O)c1cc(O)c(OC)c(O)c1)C2. The summed E-state index contributed by atoms with van der Waals surface area (Å²) in [7, 11) is 5.52. The third-order valence-corrected chi connectivity index (χ3v) is 5.95. The number of benzene rings is 3. The Balaban J connectivity index is 1.77. The minimum absolute atomic E-state index is 0.124. The maximum absolute atomic E-state index is 13.1. The number of esters is 1. The molecule has 196 valence electrons. The van der Waals surface area contributed by atoms with E-state index in [1.807, 2.05) is 0 Å². The minimum Gasteiger partial charge on any atom is -0.504 e. The maximum Gasteiger partial charge on any atom is 0.338 e. The largest absolute Gasteiger partial charge is 0.504 e. The van der Waals surface area contributed by atoms with E-state index in [1.54, 1.807) is 12.1 Å². The number of carbonyl (C=O) groups is 1. The van der Waals surface area contributed by atoms with E-state index in [1.165, 1.54) is 40.6 Å². The highest BCUT2D eigenvalue weighted by Crippen LogP contribution is 2.46. The number of phenolic OH excluding ortho intramolecular Hbond substituents is 4. The first kappa shape index (κ1) is 25.4. The highest BCUT2D eigenvalue weighted by molar-refractivity contribution is 5.91. The van der Waals surface area contributed by atoms with Gasteiger partial charge in [0, 0.05) is 29.7 Å². The molecule has 3 aromatic carbocycles. The number of hydrogen-bond acceptors (Lipinski definition) is 11. The molecule has 11 nitrogen and oxygen atoms in total. The van der Waals surface area contributed by atoms with Gasteiger partial charge in [0.2, 0.25) is 11.5 Å². The van der Waals surface area contributed by atoms with E-state index < -0.39 is 29.7 Å². The van der Waals surface area contributed by atoms with Crippen LogP contribution >= 0.6 is 0 Å². The molecular weight excluding hydrogens is 488 g/mol. The van der Waals surface area contributed by atoms with Crippen LogP contribution in [0.2, 0.25) is 0 Å². The quantitative estimate of drug-likeness (QED) is 0.343. The molecule has 1 aliphatic heterocycles. The standard InChI is InChI=1S/C26H26O11/c1-32-14-9-20(33-2)15-11-22(37-26(31)13-7-18(29)25(35-4)19(30)8-13)23(36-21(15)10-14)12-5-16(27)24(34-3)17(28)6-12/h5-10,22-23,27-30H,11H2,1-4H3/t22-,23-/m1/s1. The van der Waals surface area contributed by atoms with Gasteiger partial charge < -0.3 is 48.8 Å². The van der Waals surface area contributed by atoms with Crippen LogP contribution in [0.25, 0.3) is 0 Å². The predicted molar refractivity (Wildman–Crippen MR) is 128 cm³/mol. The summed E-state index contributed by atoms with van der Waals surface area (Å²) in [5, 5.41) is 40.9. The molecule has 11 heteroatoms. The van der Waals surface area contributed by atoms with Crippen molar-refractivity contribution < 1.29 is 53.6 Å². The molecule has 37 heavy (non-hydrogen) atoms. The van der Waals surface area contributed by atoms with E-state index >= 15 is 0 Å². The monoisotopic (exact) mass is 514 g/mol. The van der Waals surface area contributed by atoms with Crippen molar-refractivity contribution >= 4 is 5.97 Å². The van der Waals surface area contributed by atoms with Crippen molar-refractivity contribution in [3.63, 3.8) is 0 Å². The second-order valence-corrected chi connectivity index (χ2v) is 8.13. The predicted octanol–water partition coefficient (Wildman–Crippen LogP) is 3.45. The van der Waals surface area contributed by atoms with Crippen molar-refractivity contribution in [2.24, 2.45) is 0 Å². The Morgan fingerprint density at radius 1 is 0.784 bits per heavy atom. The summed E-state index contributed by atoms with van der Waals surface area (Å²) in [5.41, 5.74) is 0.753. The second-order valence-electron chi connectivity index (χ2n) is 8.13. The molecule has 0 saturated carbocycles. The molecule has 0 aromatic heterocycles. The summed E-state index contributed by atoms with van der Waals surface area (Å²) in [6.45, 7) is 0. The molecule has 0 spiro atoms. The Morgan fingerprint density at radius 3 is 1.86 bits per heavy atom. The van der Waals surface area contributed by atoms with E-state index in [0.717, 1.165) is 12.1 Å². The van der Waals surface area contributed by atoms with E-state index in [2.05, 4.69) is 0 Å². The smallest absolute Gasteiger partial charge is 0.338 e. The molecule has 0 amide bonds. The molecule has 1 aliphatic rings. The van der Waals surface area contributed by atoms with Gasteiger partial charge in [-0.1, -0.05) is 0 Å². The molecular formula is C26H26O11. The third-order valence-electron chi connectivity index (χ3n) is 5.95. The van der Waals surface area contributed by atoms with Gasteiger partial charge in [-0.15, -0.1) is 0 Å². The van der Waals surface area contributed by atoms with Gasteiger partial charge in [-0.05, 0) is 24.3 Å². The van der Waals surface area contributed by atoms with Crippen LogP contribution in [0.1, 0.15) is 27.6 Å². The van der Waals surface area contributed by atoms with Gasteiger partial charge in [0.05, 0.1) is 34.0 Å². The molecule has 4 N–H and O–H groups in total. The summed E-state index contributed by atoms with van der Waals surface area (Å²) in [5.74, 6) is -1.47. The van der Waals surface area contributed by atoms with E-state index in [4.69, 9.17) is 28.4 Å². The fourth-order valence-electron chi connectivity index (χ4n) is 4.23. The van der Waals surface area contributed by atoms with Crippen molar-refractivity contribution in [1.82, 2.24) is 0 Å². The average Bonchev–Trinajstić information content (AvgIpc) is 2.87. The number of aromatic hydroxyl groups is 4. The molecule has 0 bridgehead atoms. The molecule has 0 unspecified atom stereocenters. The number of phenols is 4. The van der Waals surface area contributed by atoms with Crippen molar-refractivity contribution in [1.29, 1.82) is 0 Å². The lowest BCUT2D eigenvalue weighted by atomic mass is 9.93. The Kier molecular flexibility index (Phi) is 6.96. The van der Waals surface area contributed by atoms with Gasteiger partial charge in [0.25, 0.3) is 0 Å². The van der Waals surface area contributed by atoms with Crippen molar-refractivity contribution in [3.8, 4) is 51.7 Å². The first-order valence-electron chi connectivity index (χ1n) is 11.0. The number of methoxy groups -OCH3 is 4. The van der Waals surface area contributed by atoms with Gasteiger partial charge in [0.15, 0.2) is 29.1 Å². The van der Waals surface area contributed by atoms with E-state index in [9.17, 15) is 25.2 Å². The number of carbonyl (C=O) groups excluding carboxylic acids is 1.